The monoisotopic (exact) mass is 382 g/mol. The molecule has 0 saturated carbocycles. The zero-order valence-electron chi connectivity index (χ0n) is 16.3. The third-order valence-corrected chi connectivity index (χ3v) is 5.23. The van der Waals surface area contributed by atoms with Crippen LogP contribution in [0.25, 0.3) is 11.0 Å². The minimum Gasteiger partial charge on any atom is -0.333 e. The molecule has 142 valence electrons. The Morgan fingerprint density at radius 1 is 1.15 bits per heavy atom. The summed E-state index contributed by atoms with van der Waals surface area (Å²) in [6, 6.07) is 16.0. The van der Waals surface area contributed by atoms with Gasteiger partial charge in [0.2, 0.25) is 5.91 Å². The molecule has 27 heavy (non-hydrogen) atoms. The number of fused-ring (bicyclic) bond motifs is 1. The Labute approximate surface area is 164 Å². The van der Waals surface area contributed by atoms with E-state index in [9.17, 15) is 4.79 Å². The molecule has 3 rings (SSSR count). The predicted octanol–water partition coefficient (Wildman–Crippen LogP) is 4.45. The number of amides is 1. The SMILES string of the molecule is CCSc1ccc(CC(=O)NC(n2nnc3ccccc32)C(C)(C)C)cc1. The van der Waals surface area contributed by atoms with Crippen LogP contribution < -0.4 is 5.32 Å². The van der Waals surface area contributed by atoms with Crippen molar-refractivity contribution >= 4 is 28.7 Å². The summed E-state index contributed by atoms with van der Waals surface area (Å²) in [7, 11) is 0. The van der Waals surface area contributed by atoms with Crippen molar-refractivity contribution in [2.24, 2.45) is 5.41 Å². The molecule has 0 saturated heterocycles. The van der Waals surface area contributed by atoms with Crippen molar-refractivity contribution in [2.75, 3.05) is 5.75 Å². The van der Waals surface area contributed by atoms with Gasteiger partial charge in [0, 0.05) is 10.3 Å². The third kappa shape index (κ3) is 4.69. The zero-order valence-corrected chi connectivity index (χ0v) is 17.1. The number of hydrogen-bond acceptors (Lipinski definition) is 4. The molecule has 1 heterocycles. The van der Waals surface area contributed by atoms with Gasteiger partial charge in [-0.05, 0) is 35.6 Å². The summed E-state index contributed by atoms with van der Waals surface area (Å²) in [6.07, 6.45) is 0.0586. The lowest BCUT2D eigenvalue weighted by molar-refractivity contribution is -0.123. The second kappa shape index (κ2) is 8.13. The highest BCUT2D eigenvalue weighted by Gasteiger charge is 2.30. The van der Waals surface area contributed by atoms with E-state index in [1.54, 1.807) is 11.8 Å². The van der Waals surface area contributed by atoms with Crippen LogP contribution in [0.15, 0.2) is 53.4 Å². The quantitative estimate of drug-likeness (QED) is 0.640. The van der Waals surface area contributed by atoms with E-state index in [-0.39, 0.29) is 17.5 Å². The highest BCUT2D eigenvalue weighted by atomic mass is 32.2. The lowest BCUT2D eigenvalue weighted by atomic mass is 9.92. The van der Waals surface area contributed by atoms with Crippen molar-refractivity contribution in [1.29, 1.82) is 0 Å². The van der Waals surface area contributed by atoms with Gasteiger partial charge in [-0.15, -0.1) is 16.9 Å². The molecule has 0 aliphatic carbocycles. The second-order valence-electron chi connectivity index (χ2n) is 7.61. The minimum absolute atomic E-state index is 0.0228. The topological polar surface area (TPSA) is 59.8 Å². The number of para-hydroxylation sites is 1. The van der Waals surface area contributed by atoms with Crippen molar-refractivity contribution < 1.29 is 4.79 Å². The fraction of sp³-hybridized carbons (Fsp3) is 0.381. The Bertz CT molecular complexity index is 912. The number of nitrogens with zero attached hydrogens (tertiary/aromatic N) is 3. The van der Waals surface area contributed by atoms with Crippen molar-refractivity contribution in [3.05, 3.63) is 54.1 Å². The Morgan fingerprint density at radius 3 is 2.52 bits per heavy atom. The molecule has 1 amide bonds. The van der Waals surface area contributed by atoms with E-state index in [1.165, 1.54) is 4.90 Å². The van der Waals surface area contributed by atoms with Crippen LogP contribution in [0, 0.1) is 5.41 Å². The molecular formula is C21H26N4OS. The van der Waals surface area contributed by atoms with Gasteiger partial charge in [0.05, 0.1) is 11.9 Å². The molecule has 0 spiro atoms. The first-order valence-electron chi connectivity index (χ1n) is 9.19. The largest absolute Gasteiger partial charge is 0.333 e. The molecule has 1 atom stereocenters. The second-order valence-corrected chi connectivity index (χ2v) is 8.95. The number of aromatic nitrogens is 3. The van der Waals surface area contributed by atoms with Crippen molar-refractivity contribution in [2.45, 2.75) is 45.2 Å². The van der Waals surface area contributed by atoms with Gasteiger partial charge < -0.3 is 5.32 Å². The summed E-state index contributed by atoms with van der Waals surface area (Å²) in [5.74, 6) is 1.02. The first-order chi connectivity index (χ1) is 12.9. The standard InChI is InChI=1S/C21H26N4OS/c1-5-27-16-12-10-15(11-13-16)14-19(26)22-20(21(2,3)4)25-18-9-7-6-8-17(18)23-24-25/h6-13,20H,5,14H2,1-4H3,(H,22,26). The van der Waals surface area contributed by atoms with Gasteiger partial charge in [-0.3, -0.25) is 4.79 Å². The number of nitrogens with one attached hydrogen (secondary N) is 1. The summed E-state index contributed by atoms with van der Waals surface area (Å²) < 4.78 is 1.81. The van der Waals surface area contributed by atoms with Crippen molar-refractivity contribution in [3.8, 4) is 0 Å². The van der Waals surface area contributed by atoms with E-state index in [0.29, 0.717) is 6.42 Å². The average Bonchev–Trinajstić information content (AvgIpc) is 3.04. The molecule has 5 nitrogen and oxygen atoms in total. The highest BCUT2D eigenvalue weighted by molar-refractivity contribution is 7.99. The number of carbonyl (C=O) groups excluding carboxylic acids is 1. The van der Waals surface area contributed by atoms with Crippen molar-refractivity contribution in [1.82, 2.24) is 20.3 Å². The number of rotatable bonds is 6. The van der Waals surface area contributed by atoms with E-state index < -0.39 is 0 Å². The number of thioether (sulfide) groups is 1. The first kappa shape index (κ1) is 19.4. The molecule has 3 aromatic rings. The van der Waals surface area contributed by atoms with Gasteiger partial charge in [0.15, 0.2) is 0 Å². The van der Waals surface area contributed by atoms with E-state index >= 15 is 0 Å². The number of carbonyl (C=O) groups is 1. The third-order valence-electron chi connectivity index (χ3n) is 4.34. The molecule has 6 heteroatoms. The van der Waals surface area contributed by atoms with Crippen LogP contribution in [0.5, 0.6) is 0 Å². The van der Waals surface area contributed by atoms with E-state index in [4.69, 9.17) is 0 Å². The number of hydrogen-bond donors (Lipinski definition) is 1. The van der Waals surface area contributed by atoms with Crippen LogP contribution in [0.1, 0.15) is 39.4 Å². The molecule has 0 bridgehead atoms. The molecular weight excluding hydrogens is 356 g/mol. The van der Waals surface area contributed by atoms with Gasteiger partial charge in [0.1, 0.15) is 11.7 Å². The van der Waals surface area contributed by atoms with Crippen LogP contribution in [-0.4, -0.2) is 26.7 Å². The molecule has 0 aliphatic heterocycles. The Hall–Kier alpha value is -2.34. The Kier molecular flexibility index (Phi) is 5.85. The molecule has 1 N–H and O–H groups in total. The summed E-state index contributed by atoms with van der Waals surface area (Å²) in [5.41, 5.74) is 2.53. The first-order valence-corrected chi connectivity index (χ1v) is 10.2. The van der Waals surface area contributed by atoms with Gasteiger partial charge >= 0.3 is 0 Å². The maximum Gasteiger partial charge on any atom is 0.226 e. The van der Waals surface area contributed by atoms with E-state index in [0.717, 1.165) is 22.3 Å². The highest BCUT2D eigenvalue weighted by Crippen LogP contribution is 2.30. The molecule has 1 aromatic heterocycles. The van der Waals surface area contributed by atoms with Crippen LogP contribution in [0.2, 0.25) is 0 Å². The summed E-state index contributed by atoms with van der Waals surface area (Å²) in [6.45, 7) is 8.40. The average molecular weight is 383 g/mol. The predicted molar refractivity (Wildman–Crippen MR) is 111 cm³/mol. The minimum atomic E-state index is -0.285. The van der Waals surface area contributed by atoms with Crippen LogP contribution in [0.3, 0.4) is 0 Å². The van der Waals surface area contributed by atoms with Gasteiger partial charge in [-0.25, -0.2) is 4.68 Å². The molecule has 0 aliphatic rings. The maximum atomic E-state index is 12.7. The van der Waals surface area contributed by atoms with Crippen LogP contribution in [-0.2, 0) is 11.2 Å². The van der Waals surface area contributed by atoms with Gasteiger partial charge in [-0.2, -0.15) is 0 Å². The molecule has 0 fully saturated rings. The molecule has 1 unspecified atom stereocenters. The smallest absolute Gasteiger partial charge is 0.226 e. The summed E-state index contributed by atoms with van der Waals surface area (Å²) in [4.78, 5) is 14.0. The van der Waals surface area contributed by atoms with E-state index in [1.807, 2.05) is 41.1 Å². The maximum absolute atomic E-state index is 12.7. The fourth-order valence-corrected chi connectivity index (χ4v) is 3.64. The lowest BCUT2D eigenvalue weighted by Gasteiger charge is -2.31. The lowest BCUT2D eigenvalue weighted by Crippen LogP contribution is -2.41. The zero-order chi connectivity index (χ0) is 19.4. The van der Waals surface area contributed by atoms with Crippen molar-refractivity contribution in [3.63, 3.8) is 0 Å². The Morgan fingerprint density at radius 2 is 1.85 bits per heavy atom. The molecule has 2 aromatic carbocycles. The van der Waals surface area contributed by atoms with Gasteiger partial charge in [0.25, 0.3) is 0 Å². The Balaban J connectivity index is 1.78. The van der Waals surface area contributed by atoms with Crippen LogP contribution in [0.4, 0.5) is 0 Å². The number of benzene rings is 2. The molecule has 0 radical (unpaired) electrons. The fourth-order valence-electron chi connectivity index (χ4n) is 2.98. The summed E-state index contributed by atoms with van der Waals surface area (Å²) >= 11 is 1.80. The van der Waals surface area contributed by atoms with E-state index in [2.05, 4.69) is 55.5 Å². The normalized spacial score (nSPS) is 12.9. The van der Waals surface area contributed by atoms with Crippen LogP contribution >= 0.6 is 11.8 Å². The van der Waals surface area contributed by atoms with Gasteiger partial charge in [-0.1, -0.05) is 57.2 Å². The summed E-state index contributed by atoms with van der Waals surface area (Å²) in [5, 5.41) is 11.7.